The molecule has 0 amide bonds. The molecule has 100 valence electrons. The van der Waals surface area contributed by atoms with Crippen molar-refractivity contribution < 1.29 is 0 Å². The third kappa shape index (κ3) is 3.35. The topological polar surface area (TPSA) is 49.0 Å². The van der Waals surface area contributed by atoms with E-state index in [4.69, 9.17) is 11.6 Å². The largest absolute Gasteiger partial charge is 0.351 e. The number of H-pyrrole nitrogens is 1. The van der Waals surface area contributed by atoms with Crippen molar-refractivity contribution in [1.29, 1.82) is 0 Å². The zero-order valence-corrected chi connectivity index (χ0v) is 11.5. The van der Waals surface area contributed by atoms with Gasteiger partial charge in [-0.05, 0) is 12.0 Å². The highest BCUT2D eigenvalue weighted by Crippen LogP contribution is 2.20. The number of anilines is 1. The van der Waals surface area contributed by atoms with Gasteiger partial charge in [0.1, 0.15) is 5.02 Å². The van der Waals surface area contributed by atoms with Crippen molar-refractivity contribution in [3.05, 3.63) is 57.6 Å². The first-order chi connectivity index (χ1) is 9.22. The maximum absolute atomic E-state index is 11.5. The summed E-state index contributed by atoms with van der Waals surface area (Å²) in [5.41, 5.74) is 0.856. The Bertz CT molecular complexity index is 583. The Morgan fingerprint density at radius 2 is 2.05 bits per heavy atom. The van der Waals surface area contributed by atoms with Crippen LogP contribution in [0.5, 0.6) is 0 Å². The summed E-state index contributed by atoms with van der Waals surface area (Å²) in [4.78, 5) is 20.2. The molecule has 19 heavy (non-hydrogen) atoms. The summed E-state index contributed by atoms with van der Waals surface area (Å²) in [6, 6.07) is 10.1. The van der Waals surface area contributed by atoms with Crippen molar-refractivity contribution >= 4 is 17.4 Å². The number of aromatic nitrogens is 2. The monoisotopic (exact) mass is 277 g/mol. The molecule has 1 aromatic heterocycles. The van der Waals surface area contributed by atoms with Crippen molar-refractivity contribution in [2.24, 2.45) is 0 Å². The molecule has 0 saturated heterocycles. The Labute approximate surface area is 117 Å². The molecular weight excluding hydrogens is 262 g/mol. The summed E-state index contributed by atoms with van der Waals surface area (Å²) >= 11 is 6.04. The molecule has 0 spiro atoms. The van der Waals surface area contributed by atoms with E-state index in [1.165, 1.54) is 6.33 Å². The third-order valence-electron chi connectivity index (χ3n) is 2.79. The van der Waals surface area contributed by atoms with E-state index in [0.29, 0.717) is 12.4 Å². The second-order valence-corrected chi connectivity index (χ2v) is 4.65. The van der Waals surface area contributed by atoms with Gasteiger partial charge in [0.15, 0.2) is 5.82 Å². The fraction of sp³-hybridized carbons (Fsp3) is 0.286. The van der Waals surface area contributed by atoms with Gasteiger partial charge in [-0.15, -0.1) is 0 Å². The van der Waals surface area contributed by atoms with Gasteiger partial charge >= 0.3 is 0 Å². The van der Waals surface area contributed by atoms with Gasteiger partial charge in [0.25, 0.3) is 5.56 Å². The molecule has 0 fully saturated rings. The summed E-state index contributed by atoms with van der Waals surface area (Å²) in [7, 11) is 0. The van der Waals surface area contributed by atoms with Gasteiger partial charge in [-0.3, -0.25) is 4.79 Å². The highest BCUT2D eigenvalue weighted by atomic mass is 35.5. The first-order valence-corrected chi connectivity index (χ1v) is 6.62. The van der Waals surface area contributed by atoms with E-state index in [1.807, 2.05) is 35.2 Å². The Balaban J connectivity index is 2.30. The van der Waals surface area contributed by atoms with Gasteiger partial charge in [0.2, 0.25) is 0 Å². The molecule has 0 aliphatic heterocycles. The molecule has 0 aliphatic carbocycles. The summed E-state index contributed by atoms with van der Waals surface area (Å²) in [6.45, 7) is 3.56. The summed E-state index contributed by atoms with van der Waals surface area (Å²) in [5.74, 6) is 0.538. The van der Waals surface area contributed by atoms with Crippen LogP contribution in [-0.4, -0.2) is 16.5 Å². The zero-order chi connectivity index (χ0) is 13.7. The quantitative estimate of drug-likeness (QED) is 0.914. The average Bonchev–Trinajstić information content (AvgIpc) is 2.43. The van der Waals surface area contributed by atoms with Gasteiger partial charge in [-0.1, -0.05) is 48.9 Å². The maximum Gasteiger partial charge on any atom is 0.271 e. The number of benzene rings is 1. The predicted molar refractivity (Wildman–Crippen MR) is 77.7 cm³/mol. The van der Waals surface area contributed by atoms with Crippen LogP contribution in [0.25, 0.3) is 0 Å². The molecule has 5 heteroatoms. The molecule has 1 N–H and O–H groups in total. The Morgan fingerprint density at radius 3 is 2.74 bits per heavy atom. The lowest BCUT2D eigenvalue weighted by Gasteiger charge is -2.23. The van der Waals surface area contributed by atoms with E-state index >= 15 is 0 Å². The summed E-state index contributed by atoms with van der Waals surface area (Å²) < 4.78 is 0. The predicted octanol–water partition coefficient (Wildman–Crippen LogP) is 2.84. The highest BCUT2D eigenvalue weighted by Gasteiger charge is 2.14. The number of hydrogen-bond acceptors (Lipinski definition) is 3. The molecule has 0 unspecified atom stereocenters. The Kier molecular flexibility index (Phi) is 4.58. The summed E-state index contributed by atoms with van der Waals surface area (Å²) in [5, 5.41) is 0.145. The van der Waals surface area contributed by atoms with Crippen LogP contribution in [-0.2, 0) is 6.54 Å². The Morgan fingerprint density at radius 1 is 1.32 bits per heavy atom. The van der Waals surface area contributed by atoms with Crippen LogP contribution in [0.1, 0.15) is 18.9 Å². The number of hydrogen-bond donors (Lipinski definition) is 1. The van der Waals surface area contributed by atoms with Crippen LogP contribution in [0, 0.1) is 0 Å². The van der Waals surface area contributed by atoms with Crippen molar-refractivity contribution in [2.75, 3.05) is 11.4 Å². The van der Waals surface area contributed by atoms with Crippen molar-refractivity contribution in [1.82, 2.24) is 9.97 Å². The molecule has 2 aromatic rings. The SMILES string of the molecule is CCCN(Cc1ccccc1)c1nc[nH]c(=O)c1Cl. The second-order valence-electron chi connectivity index (χ2n) is 4.28. The maximum atomic E-state index is 11.5. The second kappa shape index (κ2) is 6.38. The van der Waals surface area contributed by atoms with Crippen LogP contribution < -0.4 is 10.5 Å². The van der Waals surface area contributed by atoms with Crippen LogP contribution in [0.15, 0.2) is 41.5 Å². The number of rotatable bonds is 5. The van der Waals surface area contributed by atoms with Crippen LogP contribution >= 0.6 is 11.6 Å². The molecule has 0 radical (unpaired) electrons. The fourth-order valence-corrected chi connectivity index (χ4v) is 2.15. The minimum absolute atomic E-state index is 0.145. The normalized spacial score (nSPS) is 10.4. The number of aromatic amines is 1. The molecular formula is C14H16ClN3O. The van der Waals surface area contributed by atoms with Crippen molar-refractivity contribution in [2.45, 2.75) is 19.9 Å². The zero-order valence-electron chi connectivity index (χ0n) is 10.8. The van der Waals surface area contributed by atoms with E-state index < -0.39 is 0 Å². The Hall–Kier alpha value is -1.81. The summed E-state index contributed by atoms with van der Waals surface area (Å²) in [6.07, 6.45) is 2.34. The van der Waals surface area contributed by atoms with Crippen molar-refractivity contribution in [3.63, 3.8) is 0 Å². The lowest BCUT2D eigenvalue weighted by molar-refractivity contribution is 0.751. The average molecular weight is 278 g/mol. The molecule has 4 nitrogen and oxygen atoms in total. The van der Waals surface area contributed by atoms with E-state index in [-0.39, 0.29) is 10.6 Å². The van der Waals surface area contributed by atoms with Crippen molar-refractivity contribution in [3.8, 4) is 0 Å². The smallest absolute Gasteiger partial charge is 0.271 e. The molecule has 2 rings (SSSR count). The van der Waals surface area contributed by atoms with Gasteiger partial charge in [-0.2, -0.15) is 0 Å². The number of halogens is 1. The molecule has 0 saturated carbocycles. The third-order valence-corrected chi connectivity index (χ3v) is 3.13. The number of nitrogens with one attached hydrogen (secondary N) is 1. The van der Waals surface area contributed by atoms with E-state index in [0.717, 1.165) is 18.5 Å². The van der Waals surface area contributed by atoms with E-state index in [1.54, 1.807) is 0 Å². The minimum Gasteiger partial charge on any atom is -0.351 e. The highest BCUT2D eigenvalue weighted by molar-refractivity contribution is 6.32. The lowest BCUT2D eigenvalue weighted by atomic mass is 10.2. The molecule has 0 atom stereocenters. The lowest BCUT2D eigenvalue weighted by Crippen LogP contribution is -2.27. The molecule has 1 aromatic carbocycles. The van der Waals surface area contributed by atoms with Gasteiger partial charge in [0.05, 0.1) is 6.33 Å². The minimum atomic E-state index is -0.305. The van der Waals surface area contributed by atoms with E-state index in [9.17, 15) is 4.79 Å². The van der Waals surface area contributed by atoms with E-state index in [2.05, 4.69) is 16.9 Å². The van der Waals surface area contributed by atoms with Gasteiger partial charge in [0, 0.05) is 13.1 Å². The van der Waals surface area contributed by atoms with Gasteiger partial charge in [-0.25, -0.2) is 4.98 Å². The standard InChI is InChI=1S/C14H16ClN3O/c1-2-8-18(9-11-6-4-3-5-7-11)13-12(15)14(19)17-10-16-13/h3-7,10H,2,8-9H2,1H3,(H,16,17,19). The first-order valence-electron chi connectivity index (χ1n) is 6.24. The van der Waals surface area contributed by atoms with Crippen LogP contribution in [0.3, 0.4) is 0 Å². The molecule has 1 heterocycles. The number of nitrogens with zero attached hydrogens (tertiary/aromatic N) is 2. The first kappa shape index (κ1) is 13.6. The fourth-order valence-electron chi connectivity index (χ4n) is 1.93. The molecule has 0 bridgehead atoms. The van der Waals surface area contributed by atoms with Gasteiger partial charge < -0.3 is 9.88 Å². The molecule has 0 aliphatic rings. The van der Waals surface area contributed by atoms with Crippen LogP contribution in [0.2, 0.25) is 5.02 Å². The van der Waals surface area contributed by atoms with Crippen LogP contribution in [0.4, 0.5) is 5.82 Å².